The Labute approximate surface area is 194 Å². The van der Waals surface area contributed by atoms with E-state index in [1.54, 1.807) is 0 Å². The quantitative estimate of drug-likeness (QED) is 0.441. The lowest BCUT2D eigenvalue weighted by atomic mass is 9.39. The Hall–Kier alpha value is -0.850. The molecule has 0 bridgehead atoms. The first-order chi connectivity index (χ1) is 15.0. The Morgan fingerprint density at radius 1 is 1.12 bits per heavy atom. The largest absolute Gasteiger partial charge is 0.393 e. The van der Waals surface area contributed by atoms with Gasteiger partial charge in [0.25, 0.3) is 0 Å². The van der Waals surface area contributed by atoms with Crippen molar-refractivity contribution >= 4 is 6.03 Å². The van der Waals surface area contributed by atoms with E-state index in [0.29, 0.717) is 42.6 Å². The van der Waals surface area contributed by atoms with Crippen molar-refractivity contribution in [2.75, 3.05) is 6.54 Å². The second-order valence-corrected chi connectivity index (χ2v) is 12.4. The summed E-state index contributed by atoms with van der Waals surface area (Å²) in [4.78, 5) is 11.1. The first kappa shape index (κ1) is 24.3. The fourth-order valence-electron chi connectivity index (χ4n) is 9.72. The van der Waals surface area contributed by atoms with Crippen molar-refractivity contribution in [3.8, 4) is 0 Å². The van der Waals surface area contributed by atoms with Gasteiger partial charge in [-0.15, -0.1) is 0 Å². The molecule has 0 saturated heterocycles. The van der Waals surface area contributed by atoms with Crippen LogP contribution in [0.5, 0.6) is 0 Å². The minimum atomic E-state index is -0.487. The highest BCUT2D eigenvalue weighted by Crippen LogP contribution is 2.70. The number of nitrogens with two attached hydrogens (primary N) is 2. The Morgan fingerprint density at radius 2 is 1.84 bits per heavy atom. The smallest absolute Gasteiger partial charge is 0.312 e. The molecule has 4 unspecified atom stereocenters. The Kier molecular flexibility index (Phi) is 6.39. The summed E-state index contributed by atoms with van der Waals surface area (Å²) in [7, 11) is 0. The molecule has 0 aromatic rings. The third-order valence-electron chi connectivity index (χ3n) is 11.4. The molecule has 4 rings (SSSR count). The molecule has 7 N–H and O–H groups in total. The van der Waals surface area contributed by atoms with Gasteiger partial charge in [0, 0.05) is 18.0 Å². The van der Waals surface area contributed by atoms with Crippen LogP contribution in [0.2, 0.25) is 0 Å². The molecule has 0 aliphatic heterocycles. The van der Waals surface area contributed by atoms with E-state index in [0.717, 1.165) is 32.1 Å². The average molecular weight is 450 g/mol. The summed E-state index contributed by atoms with van der Waals surface area (Å²) >= 11 is 0. The van der Waals surface area contributed by atoms with Gasteiger partial charge in [-0.2, -0.15) is 0 Å². The van der Waals surface area contributed by atoms with Gasteiger partial charge in [0.1, 0.15) is 0 Å². The zero-order valence-corrected chi connectivity index (χ0v) is 20.6. The summed E-state index contributed by atoms with van der Waals surface area (Å²) in [5.41, 5.74) is 12.2. The van der Waals surface area contributed by atoms with Crippen LogP contribution in [0.15, 0.2) is 0 Å². The van der Waals surface area contributed by atoms with Gasteiger partial charge >= 0.3 is 6.03 Å². The van der Waals surface area contributed by atoms with Crippen molar-refractivity contribution in [3.05, 3.63) is 0 Å². The second kappa shape index (κ2) is 8.42. The van der Waals surface area contributed by atoms with E-state index >= 15 is 0 Å². The molecule has 4 saturated carbocycles. The molecule has 6 nitrogen and oxygen atoms in total. The summed E-state index contributed by atoms with van der Waals surface area (Å²) in [6.07, 6.45) is 8.21. The van der Waals surface area contributed by atoms with Crippen LogP contribution in [-0.2, 0) is 0 Å². The monoisotopic (exact) mass is 449 g/mol. The molecular weight excluding hydrogens is 402 g/mol. The van der Waals surface area contributed by atoms with Crippen LogP contribution in [0.25, 0.3) is 0 Å². The number of carbonyl (C=O) groups excluding carboxylic acids is 1. The molecular formula is C26H47N3O3. The number of primary amides is 1. The van der Waals surface area contributed by atoms with Gasteiger partial charge < -0.3 is 27.0 Å². The molecule has 6 heteroatoms. The SMILES string of the molecule is CC[C@H]1[C@@H](O)[C@@H]2C(CC[C@@]3(C)C2CC[C@@H]3[C@H](C)CCNC(N)=O)C2(C)CC[C@@H](O)CC12N. The molecule has 4 aliphatic rings. The molecule has 0 spiro atoms. The van der Waals surface area contributed by atoms with Gasteiger partial charge in [-0.3, -0.25) is 0 Å². The van der Waals surface area contributed by atoms with Crippen LogP contribution < -0.4 is 16.8 Å². The van der Waals surface area contributed by atoms with Crippen molar-refractivity contribution in [1.29, 1.82) is 0 Å². The molecule has 4 aliphatic carbocycles. The lowest BCUT2D eigenvalue weighted by Gasteiger charge is -2.68. The topological polar surface area (TPSA) is 122 Å². The fourth-order valence-corrected chi connectivity index (χ4v) is 9.72. The molecule has 11 atom stereocenters. The number of urea groups is 1. The molecule has 4 fully saturated rings. The van der Waals surface area contributed by atoms with Crippen LogP contribution in [0.1, 0.15) is 85.5 Å². The molecule has 0 heterocycles. The average Bonchev–Trinajstić information content (AvgIpc) is 3.06. The normalized spacial score (nSPS) is 51.3. The summed E-state index contributed by atoms with van der Waals surface area (Å²) in [6.45, 7) is 9.99. The van der Waals surface area contributed by atoms with Gasteiger partial charge in [0.15, 0.2) is 0 Å². The number of hydrogen-bond donors (Lipinski definition) is 5. The van der Waals surface area contributed by atoms with Gasteiger partial charge in [-0.1, -0.05) is 27.7 Å². The van der Waals surface area contributed by atoms with Gasteiger partial charge in [0.05, 0.1) is 12.2 Å². The van der Waals surface area contributed by atoms with Crippen LogP contribution in [0.3, 0.4) is 0 Å². The number of rotatable bonds is 5. The highest BCUT2D eigenvalue weighted by atomic mass is 16.3. The van der Waals surface area contributed by atoms with E-state index in [1.165, 1.54) is 19.3 Å². The third kappa shape index (κ3) is 3.42. The van der Waals surface area contributed by atoms with Crippen molar-refractivity contribution < 1.29 is 15.0 Å². The van der Waals surface area contributed by atoms with Crippen LogP contribution in [0, 0.1) is 46.3 Å². The van der Waals surface area contributed by atoms with E-state index < -0.39 is 11.6 Å². The number of nitrogens with one attached hydrogen (secondary N) is 1. The highest BCUT2D eigenvalue weighted by Gasteiger charge is 2.68. The van der Waals surface area contributed by atoms with E-state index in [9.17, 15) is 15.0 Å². The maximum atomic E-state index is 11.8. The summed E-state index contributed by atoms with van der Waals surface area (Å²) in [6, 6.07) is -0.444. The Morgan fingerprint density at radius 3 is 2.50 bits per heavy atom. The van der Waals surface area contributed by atoms with Crippen LogP contribution in [0.4, 0.5) is 4.79 Å². The highest BCUT2D eigenvalue weighted by molar-refractivity contribution is 5.71. The Balaban J connectivity index is 1.61. The number of aliphatic hydroxyl groups is 2. The maximum absolute atomic E-state index is 11.8. The van der Waals surface area contributed by atoms with Crippen LogP contribution in [-0.4, -0.2) is 40.5 Å². The van der Waals surface area contributed by atoms with Crippen LogP contribution >= 0.6 is 0 Å². The Bertz CT molecular complexity index is 718. The minimum Gasteiger partial charge on any atom is -0.393 e. The zero-order chi connectivity index (χ0) is 23.5. The number of aliphatic hydroxyl groups excluding tert-OH is 2. The van der Waals surface area contributed by atoms with E-state index in [2.05, 4.69) is 33.0 Å². The van der Waals surface area contributed by atoms with Gasteiger partial charge in [0.2, 0.25) is 0 Å². The fraction of sp³-hybridized carbons (Fsp3) is 0.962. The molecule has 184 valence electrons. The summed E-state index contributed by atoms with van der Waals surface area (Å²) in [5, 5.41) is 25.1. The predicted octanol–water partition coefficient (Wildman–Crippen LogP) is 3.39. The van der Waals surface area contributed by atoms with Gasteiger partial charge in [-0.25, -0.2) is 4.79 Å². The molecule has 32 heavy (non-hydrogen) atoms. The van der Waals surface area contributed by atoms with Gasteiger partial charge in [-0.05, 0) is 98.2 Å². The number of fused-ring (bicyclic) bond motifs is 5. The standard InChI is InChI=1S/C26H47N3O3/c1-5-17-22(31)21-19-7-6-18(15(2)10-13-29-23(27)32)24(19,3)11-9-20(21)25(4)12-8-16(30)14-26(17,25)28/h15-22,30-31H,5-14,28H2,1-4H3,(H3,27,29,32)/t15-,16-,17+,18-,19?,20?,21+,22-,24-,25?,26?/m1/s1. The number of amides is 2. The maximum Gasteiger partial charge on any atom is 0.312 e. The van der Waals surface area contributed by atoms with Crippen molar-refractivity contribution in [1.82, 2.24) is 5.32 Å². The zero-order valence-electron chi connectivity index (χ0n) is 20.6. The van der Waals surface area contributed by atoms with E-state index in [1.807, 2.05) is 0 Å². The lowest BCUT2D eigenvalue weighted by molar-refractivity contribution is -0.213. The summed E-state index contributed by atoms with van der Waals surface area (Å²) in [5.74, 6) is 2.43. The van der Waals surface area contributed by atoms with Crippen molar-refractivity contribution in [2.24, 2.45) is 57.8 Å². The lowest BCUT2D eigenvalue weighted by Crippen LogP contribution is -2.74. The third-order valence-corrected chi connectivity index (χ3v) is 11.4. The van der Waals surface area contributed by atoms with E-state index in [4.69, 9.17) is 11.5 Å². The van der Waals surface area contributed by atoms with E-state index in [-0.39, 0.29) is 29.0 Å². The second-order valence-electron chi connectivity index (χ2n) is 12.4. The molecule has 2 amide bonds. The molecule has 0 radical (unpaired) electrons. The minimum absolute atomic E-state index is 0.0206. The predicted molar refractivity (Wildman–Crippen MR) is 127 cm³/mol. The first-order valence-corrected chi connectivity index (χ1v) is 13.2. The molecule has 0 aromatic heterocycles. The number of hydrogen-bond acceptors (Lipinski definition) is 4. The number of carbonyl (C=O) groups is 1. The van der Waals surface area contributed by atoms with Crippen molar-refractivity contribution in [3.63, 3.8) is 0 Å². The van der Waals surface area contributed by atoms with Crippen molar-refractivity contribution in [2.45, 2.75) is 103 Å². The summed E-state index contributed by atoms with van der Waals surface area (Å²) < 4.78 is 0. The first-order valence-electron chi connectivity index (χ1n) is 13.2. The molecule has 0 aromatic carbocycles.